The molecule has 0 amide bonds. The Kier molecular flexibility index (Phi) is 3.31. The second kappa shape index (κ2) is 4.05. The molecule has 0 unspecified atom stereocenters. The lowest BCUT2D eigenvalue weighted by Crippen LogP contribution is -2.43. The van der Waals surface area contributed by atoms with Gasteiger partial charge in [0.2, 0.25) is 0 Å². The van der Waals surface area contributed by atoms with Crippen LogP contribution in [0.4, 0.5) is 4.39 Å². The van der Waals surface area contributed by atoms with Crippen LogP contribution in [0, 0.1) is 5.92 Å². The summed E-state index contributed by atoms with van der Waals surface area (Å²) in [6, 6.07) is 0.583. The third kappa shape index (κ3) is 2.16. The molecule has 0 saturated carbocycles. The number of piperidine rings is 1. The fraction of sp³-hybridized carbons (Fsp3) is 1.00. The highest BCUT2D eigenvalue weighted by Crippen LogP contribution is 2.21. The molecule has 0 aliphatic carbocycles. The van der Waals surface area contributed by atoms with Crippen molar-refractivity contribution in [2.45, 2.75) is 32.7 Å². The minimum Gasteiger partial charge on any atom is -0.298 e. The zero-order valence-electron chi connectivity index (χ0n) is 7.52. The molecule has 1 nitrogen and oxygen atoms in total. The van der Waals surface area contributed by atoms with Crippen molar-refractivity contribution in [1.82, 2.24) is 4.90 Å². The van der Waals surface area contributed by atoms with Crippen molar-refractivity contribution in [1.29, 1.82) is 0 Å². The van der Waals surface area contributed by atoms with E-state index in [0.29, 0.717) is 12.6 Å². The summed E-state index contributed by atoms with van der Waals surface area (Å²) in [5.41, 5.74) is 0. The minimum absolute atomic E-state index is 0.197. The van der Waals surface area contributed by atoms with E-state index in [1.165, 1.54) is 12.8 Å². The molecule has 0 radical (unpaired) electrons. The van der Waals surface area contributed by atoms with Crippen molar-refractivity contribution in [3.63, 3.8) is 0 Å². The number of rotatable bonds is 2. The van der Waals surface area contributed by atoms with Crippen LogP contribution in [0.25, 0.3) is 0 Å². The van der Waals surface area contributed by atoms with Crippen LogP contribution in [0.5, 0.6) is 0 Å². The average Bonchev–Trinajstić information content (AvgIpc) is 1.99. The van der Waals surface area contributed by atoms with Gasteiger partial charge in [0.25, 0.3) is 0 Å². The number of alkyl halides is 1. The lowest BCUT2D eigenvalue weighted by Gasteiger charge is -2.37. The zero-order chi connectivity index (χ0) is 8.27. The van der Waals surface area contributed by atoms with Crippen molar-refractivity contribution < 1.29 is 4.39 Å². The molecule has 11 heavy (non-hydrogen) atoms. The monoisotopic (exact) mass is 159 g/mol. The molecule has 1 heterocycles. The summed E-state index contributed by atoms with van der Waals surface area (Å²) in [5.74, 6) is 0.746. The van der Waals surface area contributed by atoms with Gasteiger partial charge in [-0.25, -0.2) is 4.39 Å². The van der Waals surface area contributed by atoms with Crippen LogP contribution in [-0.4, -0.2) is 30.7 Å². The van der Waals surface area contributed by atoms with Crippen LogP contribution < -0.4 is 0 Å². The van der Waals surface area contributed by atoms with Crippen molar-refractivity contribution in [3.8, 4) is 0 Å². The lowest BCUT2D eigenvalue weighted by molar-refractivity contribution is 0.106. The lowest BCUT2D eigenvalue weighted by atomic mass is 9.92. The predicted molar refractivity (Wildman–Crippen MR) is 45.4 cm³/mol. The Bertz CT molecular complexity index is 114. The van der Waals surface area contributed by atoms with Gasteiger partial charge in [-0.05, 0) is 32.2 Å². The molecule has 0 bridgehead atoms. The Morgan fingerprint density at radius 1 is 1.45 bits per heavy atom. The van der Waals surface area contributed by atoms with Gasteiger partial charge in [-0.15, -0.1) is 0 Å². The number of halogens is 1. The molecule has 0 aromatic rings. The van der Waals surface area contributed by atoms with Crippen LogP contribution in [0.2, 0.25) is 0 Å². The highest BCUT2D eigenvalue weighted by atomic mass is 19.1. The van der Waals surface area contributed by atoms with Gasteiger partial charge in [-0.1, -0.05) is 6.92 Å². The van der Waals surface area contributed by atoms with E-state index in [0.717, 1.165) is 12.5 Å². The maximum Gasteiger partial charge on any atom is 0.102 e. The Morgan fingerprint density at radius 3 is 2.82 bits per heavy atom. The second-order valence-electron chi connectivity index (χ2n) is 3.59. The van der Waals surface area contributed by atoms with E-state index in [4.69, 9.17) is 0 Å². The maximum atomic E-state index is 12.0. The topological polar surface area (TPSA) is 3.24 Å². The molecule has 66 valence electrons. The molecule has 0 aromatic heterocycles. The van der Waals surface area contributed by atoms with Crippen LogP contribution in [-0.2, 0) is 0 Å². The molecule has 1 saturated heterocycles. The summed E-state index contributed by atoms with van der Waals surface area (Å²) in [7, 11) is 0. The summed E-state index contributed by atoms with van der Waals surface area (Å²) in [4.78, 5) is 2.26. The number of nitrogens with zero attached hydrogens (tertiary/aromatic N) is 1. The van der Waals surface area contributed by atoms with Gasteiger partial charge in [-0.2, -0.15) is 0 Å². The fourth-order valence-electron chi connectivity index (χ4n) is 1.85. The van der Waals surface area contributed by atoms with Crippen molar-refractivity contribution in [2.24, 2.45) is 5.92 Å². The normalized spacial score (nSPS) is 34.1. The quantitative estimate of drug-likeness (QED) is 0.596. The third-order valence-electron chi connectivity index (χ3n) is 2.88. The van der Waals surface area contributed by atoms with E-state index < -0.39 is 0 Å². The van der Waals surface area contributed by atoms with E-state index in [1.54, 1.807) is 0 Å². The van der Waals surface area contributed by atoms with Crippen LogP contribution >= 0.6 is 0 Å². The summed E-state index contributed by atoms with van der Waals surface area (Å²) >= 11 is 0. The smallest absolute Gasteiger partial charge is 0.102 e. The van der Waals surface area contributed by atoms with Gasteiger partial charge < -0.3 is 0 Å². The van der Waals surface area contributed by atoms with E-state index >= 15 is 0 Å². The maximum absolute atomic E-state index is 12.0. The fourth-order valence-corrected chi connectivity index (χ4v) is 1.85. The van der Waals surface area contributed by atoms with Gasteiger partial charge in [0.15, 0.2) is 0 Å². The predicted octanol–water partition coefficient (Wildman–Crippen LogP) is 2.08. The zero-order valence-corrected chi connectivity index (χ0v) is 7.52. The third-order valence-corrected chi connectivity index (χ3v) is 2.88. The van der Waals surface area contributed by atoms with E-state index in [9.17, 15) is 4.39 Å². The Labute approximate surface area is 68.6 Å². The van der Waals surface area contributed by atoms with Gasteiger partial charge in [0, 0.05) is 12.6 Å². The largest absolute Gasteiger partial charge is 0.298 e. The molecule has 2 atom stereocenters. The Hall–Kier alpha value is -0.110. The number of hydrogen-bond acceptors (Lipinski definition) is 1. The summed E-state index contributed by atoms with van der Waals surface area (Å²) in [6.07, 6.45) is 2.55. The van der Waals surface area contributed by atoms with E-state index in [2.05, 4.69) is 18.7 Å². The van der Waals surface area contributed by atoms with E-state index in [-0.39, 0.29) is 6.67 Å². The molecule has 0 N–H and O–H groups in total. The number of likely N-dealkylation sites (tertiary alicyclic amines) is 1. The van der Waals surface area contributed by atoms with Crippen LogP contribution in [0.15, 0.2) is 0 Å². The molecule has 1 rings (SSSR count). The Balaban J connectivity index is 2.38. The van der Waals surface area contributed by atoms with Gasteiger partial charge in [-0.3, -0.25) is 4.90 Å². The minimum atomic E-state index is -0.197. The second-order valence-corrected chi connectivity index (χ2v) is 3.59. The molecule has 2 heteroatoms. The molecule has 1 aliphatic heterocycles. The summed E-state index contributed by atoms with van der Waals surface area (Å²) < 4.78 is 12.0. The first-order valence-electron chi connectivity index (χ1n) is 4.55. The Morgan fingerprint density at radius 2 is 2.18 bits per heavy atom. The molecule has 1 fully saturated rings. The van der Waals surface area contributed by atoms with Crippen molar-refractivity contribution >= 4 is 0 Å². The summed E-state index contributed by atoms with van der Waals surface area (Å²) in [5, 5.41) is 0. The number of hydrogen-bond donors (Lipinski definition) is 0. The highest BCUT2D eigenvalue weighted by molar-refractivity contribution is 4.77. The van der Waals surface area contributed by atoms with Crippen LogP contribution in [0.3, 0.4) is 0 Å². The van der Waals surface area contributed by atoms with Gasteiger partial charge in [0.1, 0.15) is 6.67 Å². The standard InChI is InChI=1S/C9H18FN/c1-8-4-3-6-11(7-5-10)9(8)2/h8-9H,3-7H2,1-2H3/t8-,9+/m1/s1. The molecule has 1 aliphatic rings. The molecular weight excluding hydrogens is 141 g/mol. The van der Waals surface area contributed by atoms with E-state index in [1.807, 2.05) is 0 Å². The first-order valence-corrected chi connectivity index (χ1v) is 4.55. The molecular formula is C9H18FN. The first-order chi connectivity index (χ1) is 5.25. The SMILES string of the molecule is C[C@@H]1CCCN(CCF)[C@H]1C. The highest BCUT2D eigenvalue weighted by Gasteiger charge is 2.23. The van der Waals surface area contributed by atoms with Gasteiger partial charge >= 0.3 is 0 Å². The molecule has 0 aromatic carbocycles. The molecule has 0 spiro atoms. The average molecular weight is 159 g/mol. The van der Waals surface area contributed by atoms with Crippen LogP contribution in [0.1, 0.15) is 26.7 Å². The van der Waals surface area contributed by atoms with Crippen molar-refractivity contribution in [3.05, 3.63) is 0 Å². The van der Waals surface area contributed by atoms with Crippen molar-refractivity contribution in [2.75, 3.05) is 19.8 Å². The first kappa shape index (κ1) is 8.98. The summed E-state index contributed by atoms with van der Waals surface area (Å²) in [6.45, 7) is 5.99. The van der Waals surface area contributed by atoms with Gasteiger partial charge in [0.05, 0.1) is 0 Å².